The molecule has 0 atom stereocenters. The van der Waals surface area contributed by atoms with E-state index in [1.807, 2.05) is 37.3 Å². The number of para-hydroxylation sites is 1. The Labute approximate surface area is 149 Å². The van der Waals surface area contributed by atoms with Crippen molar-refractivity contribution < 1.29 is 13.6 Å². The molecular weight excluding hydrogens is 338 g/mol. The zero-order chi connectivity index (χ0) is 18.5. The van der Waals surface area contributed by atoms with Gasteiger partial charge >= 0.3 is 0 Å². The van der Waals surface area contributed by atoms with E-state index < -0.39 is 11.6 Å². The molecule has 7 heteroatoms. The van der Waals surface area contributed by atoms with Gasteiger partial charge in [0.2, 0.25) is 5.95 Å². The van der Waals surface area contributed by atoms with E-state index in [4.69, 9.17) is 0 Å². The smallest absolute Gasteiger partial charge is 0.277 e. The van der Waals surface area contributed by atoms with Crippen molar-refractivity contribution in [1.29, 1.82) is 0 Å². The first-order valence-electron chi connectivity index (χ1n) is 8.00. The molecule has 5 nitrogen and oxygen atoms in total. The van der Waals surface area contributed by atoms with Crippen LogP contribution in [0.2, 0.25) is 0 Å². The van der Waals surface area contributed by atoms with Crippen LogP contribution in [-0.4, -0.2) is 22.4 Å². The SMILES string of the molecule is CCN(C(=O)c1ccnc(Nc2ccc(F)c(F)c2)n1)c1ccccc1. The maximum Gasteiger partial charge on any atom is 0.277 e. The van der Waals surface area contributed by atoms with Crippen LogP contribution >= 0.6 is 0 Å². The standard InChI is InChI=1S/C19H16F2N4O/c1-2-25(14-6-4-3-5-7-14)18(26)17-10-11-22-19(24-17)23-13-8-9-15(20)16(21)12-13/h3-12H,2H2,1H3,(H,22,23,24). The third kappa shape index (κ3) is 3.83. The van der Waals surface area contributed by atoms with E-state index in [1.165, 1.54) is 18.3 Å². The lowest BCUT2D eigenvalue weighted by molar-refractivity contribution is 0.0983. The molecule has 0 saturated heterocycles. The second-order valence-electron chi connectivity index (χ2n) is 5.40. The number of carbonyl (C=O) groups excluding carboxylic acids is 1. The van der Waals surface area contributed by atoms with E-state index in [0.717, 1.165) is 17.8 Å². The minimum absolute atomic E-state index is 0.117. The van der Waals surface area contributed by atoms with Crippen LogP contribution in [0, 0.1) is 11.6 Å². The van der Waals surface area contributed by atoms with Crippen molar-refractivity contribution >= 4 is 23.2 Å². The maximum absolute atomic E-state index is 13.3. The van der Waals surface area contributed by atoms with Crippen LogP contribution in [-0.2, 0) is 0 Å². The predicted molar refractivity (Wildman–Crippen MR) is 95.5 cm³/mol. The molecule has 0 fully saturated rings. The van der Waals surface area contributed by atoms with Crippen molar-refractivity contribution in [1.82, 2.24) is 9.97 Å². The number of benzene rings is 2. The molecule has 0 aliphatic heterocycles. The number of anilines is 3. The second kappa shape index (κ2) is 7.69. The summed E-state index contributed by atoms with van der Waals surface area (Å²) >= 11 is 0. The average Bonchev–Trinajstić information content (AvgIpc) is 2.66. The number of halogens is 2. The van der Waals surface area contributed by atoms with E-state index in [2.05, 4.69) is 15.3 Å². The Balaban J connectivity index is 1.84. The second-order valence-corrected chi connectivity index (χ2v) is 5.40. The van der Waals surface area contributed by atoms with Crippen LogP contribution in [0.25, 0.3) is 0 Å². The van der Waals surface area contributed by atoms with Crippen LogP contribution in [0.3, 0.4) is 0 Å². The Morgan fingerprint density at radius 2 is 1.85 bits per heavy atom. The van der Waals surface area contributed by atoms with Gasteiger partial charge in [0, 0.05) is 30.2 Å². The van der Waals surface area contributed by atoms with Gasteiger partial charge in [0.25, 0.3) is 5.91 Å². The van der Waals surface area contributed by atoms with Gasteiger partial charge in [-0.25, -0.2) is 18.7 Å². The molecule has 1 aromatic heterocycles. The van der Waals surface area contributed by atoms with Gasteiger partial charge in [0.05, 0.1) is 0 Å². The molecule has 0 saturated carbocycles. The molecular formula is C19H16F2N4O. The van der Waals surface area contributed by atoms with Crippen LogP contribution in [0.4, 0.5) is 26.1 Å². The van der Waals surface area contributed by atoms with E-state index in [9.17, 15) is 13.6 Å². The van der Waals surface area contributed by atoms with E-state index in [0.29, 0.717) is 6.54 Å². The Hall–Kier alpha value is -3.35. The molecule has 0 aliphatic rings. The van der Waals surface area contributed by atoms with Gasteiger partial charge in [-0.3, -0.25) is 4.79 Å². The fourth-order valence-electron chi connectivity index (χ4n) is 2.43. The minimum Gasteiger partial charge on any atom is -0.324 e. The summed E-state index contributed by atoms with van der Waals surface area (Å²) in [5, 5.41) is 2.76. The Morgan fingerprint density at radius 3 is 2.54 bits per heavy atom. The van der Waals surface area contributed by atoms with Gasteiger partial charge in [0.15, 0.2) is 11.6 Å². The Bertz CT molecular complexity index is 918. The number of hydrogen-bond acceptors (Lipinski definition) is 4. The summed E-state index contributed by atoms with van der Waals surface area (Å²) in [6.07, 6.45) is 1.43. The molecule has 0 unspecified atom stereocenters. The maximum atomic E-state index is 13.3. The van der Waals surface area contributed by atoms with Crippen molar-refractivity contribution in [3.8, 4) is 0 Å². The fourth-order valence-corrected chi connectivity index (χ4v) is 2.43. The molecule has 3 rings (SSSR count). The van der Waals surface area contributed by atoms with E-state index >= 15 is 0 Å². The van der Waals surface area contributed by atoms with Gasteiger partial charge in [0.1, 0.15) is 5.69 Å². The molecule has 1 amide bonds. The Kier molecular flexibility index (Phi) is 5.17. The highest BCUT2D eigenvalue weighted by molar-refractivity contribution is 6.04. The van der Waals surface area contributed by atoms with E-state index in [1.54, 1.807) is 4.90 Å². The summed E-state index contributed by atoms with van der Waals surface area (Å²) < 4.78 is 26.3. The molecule has 0 aliphatic carbocycles. The largest absolute Gasteiger partial charge is 0.324 e. The van der Waals surface area contributed by atoms with Gasteiger partial charge in [-0.15, -0.1) is 0 Å². The first-order valence-corrected chi connectivity index (χ1v) is 8.00. The number of carbonyl (C=O) groups is 1. The number of nitrogens with one attached hydrogen (secondary N) is 1. The van der Waals surface area contributed by atoms with Gasteiger partial charge < -0.3 is 10.2 Å². The van der Waals surface area contributed by atoms with Crippen LogP contribution in [0.15, 0.2) is 60.8 Å². The molecule has 132 valence electrons. The minimum atomic E-state index is -0.983. The van der Waals surface area contributed by atoms with Crippen molar-refractivity contribution in [3.63, 3.8) is 0 Å². The molecule has 1 heterocycles. The lowest BCUT2D eigenvalue weighted by atomic mass is 10.2. The third-order valence-corrected chi connectivity index (χ3v) is 3.68. The lowest BCUT2D eigenvalue weighted by Crippen LogP contribution is -2.31. The molecule has 0 bridgehead atoms. The average molecular weight is 354 g/mol. The Morgan fingerprint density at radius 1 is 1.08 bits per heavy atom. The first kappa shape index (κ1) is 17.5. The molecule has 0 radical (unpaired) electrons. The number of hydrogen-bond donors (Lipinski definition) is 1. The summed E-state index contributed by atoms with van der Waals surface area (Å²) in [4.78, 5) is 22.6. The fraction of sp³-hybridized carbons (Fsp3) is 0.105. The highest BCUT2D eigenvalue weighted by Crippen LogP contribution is 2.18. The normalized spacial score (nSPS) is 10.4. The van der Waals surface area contributed by atoms with Crippen LogP contribution < -0.4 is 10.2 Å². The third-order valence-electron chi connectivity index (χ3n) is 3.68. The quantitative estimate of drug-likeness (QED) is 0.747. The summed E-state index contributed by atoms with van der Waals surface area (Å²) in [6, 6.07) is 14.1. The van der Waals surface area contributed by atoms with E-state index in [-0.39, 0.29) is 23.2 Å². The highest BCUT2D eigenvalue weighted by Gasteiger charge is 2.18. The topological polar surface area (TPSA) is 58.1 Å². The van der Waals surface area contributed by atoms with Gasteiger partial charge in [-0.05, 0) is 37.3 Å². The molecule has 26 heavy (non-hydrogen) atoms. The molecule has 0 spiro atoms. The van der Waals surface area contributed by atoms with Gasteiger partial charge in [-0.2, -0.15) is 0 Å². The number of nitrogens with zero attached hydrogens (tertiary/aromatic N) is 3. The summed E-state index contributed by atoms with van der Waals surface area (Å²) in [6.45, 7) is 2.34. The summed E-state index contributed by atoms with van der Waals surface area (Å²) in [7, 11) is 0. The monoisotopic (exact) mass is 354 g/mol. The predicted octanol–water partition coefficient (Wildman–Crippen LogP) is 4.17. The zero-order valence-corrected chi connectivity index (χ0v) is 14.0. The zero-order valence-electron chi connectivity index (χ0n) is 14.0. The van der Waals surface area contributed by atoms with Crippen molar-refractivity contribution in [3.05, 3.63) is 78.1 Å². The van der Waals surface area contributed by atoms with Crippen molar-refractivity contribution in [2.75, 3.05) is 16.8 Å². The first-order chi connectivity index (χ1) is 12.6. The number of amides is 1. The number of aromatic nitrogens is 2. The van der Waals surface area contributed by atoms with Crippen molar-refractivity contribution in [2.24, 2.45) is 0 Å². The summed E-state index contributed by atoms with van der Waals surface area (Å²) in [5.74, 6) is -2.09. The molecule has 1 N–H and O–H groups in total. The highest BCUT2D eigenvalue weighted by atomic mass is 19.2. The summed E-state index contributed by atoms with van der Waals surface area (Å²) in [5.41, 5.74) is 1.23. The van der Waals surface area contributed by atoms with Crippen LogP contribution in [0.1, 0.15) is 17.4 Å². The van der Waals surface area contributed by atoms with Crippen LogP contribution in [0.5, 0.6) is 0 Å². The van der Waals surface area contributed by atoms with Crippen molar-refractivity contribution in [2.45, 2.75) is 6.92 Å². The van der Waals surface area contributed by atoms with Gasteiger partial charge in [-0.1, -0.05) is 18.2 Å². The molecule has 3 aromatic rings. The lowest BCUT2D eigenvalue weighted by Gasteiger charge is -2.20. The molecule has 2 aromatic carbocycles. The number of rotatable bonds is 5.